The molecule has 0 amide bonds. The van der Waals surface area contributed by atoms with Gasteiger partial charge < -0.3 is 5.32 Å². The highest BCUT2D eigenvalue weighted by atomic mass is 14.9. The van der Waals surface area contributed by atoms with Crippen LogP contribution >= 0.6 is 0 Å². The van der Waals surface area contributed by atoms with Gasteiger partial charge in [0.15, 0.2) is 0 Å². The normalized spacial score (nSPS) is 12.3. The first-order valence-electron chi connectivity index (χ1n) is 6.60. The van der Waals surface area contributed by atoms with Crippen LogP contribution in [0.4, 0.5) is 0 Å². The van der Waals surface area contributed by atoms with Crippen LogP contribution < -0.4 is 5.32 Å². The van der Waals surface area contributed by atoms with Gasteiger partial charge in [-0.15, -0.1) is 0 Å². The van der Waals surface area contributed by atoms with E-state index in [4.69, 9.17) is 0 Å². The van der Waals surface area contributed by atoms with E-state index in [1.165, 1.54) is 16.7 Å². The average molecular weight is 239 g/mol. The molecule has 0 aliphatic heterocycles. The van der Waals surface area contributed by atoms with Crippen molar-refractivity contribution < 1.29 is 0 Å². The highest BCUT2D eigenvalue weighted by Crippen LogP contribution is 2.16. The largest absolute Gasteiger partial charge is 0.310 e. The van der Waals surface area contributed by atoms with Crippen molar-refractivity contribution in [3.05, 3.63) is 71.3 Å². The van der Waals surface area contributed by atoms with Crippen molar-refractivity contribution in [1.29, 1.82) is 0 Å². The van der Waals surface area contributed by atoms with Gasteiger partial charge in [0.1, 0.15) is 0 Å². The second kappa shape index (κ2) is 6.36. The monoisotopic (exact) mass is 239 g/mol. The smallest absolute Gasteiger partial charge is 0.0294 e. The van der Waals surface area contributed by atoms with Crippen LogP contribution in [0.1, 0.15) is 29.7 Å². The van der Waals surface area contributed by atoms with E-state index < -0.39 is 0 Å². The van der Waals surface area contributed by atoms with Gasteiger partial charge in [-0.2, -0.15) is 0 Å². The molecule has 0 unspecified atom stereocenters. The van der Waals surface area contributed by atoms with Crippen molar-refractivity contribution in [3.8, 4) is 0 Å². The third-order valence-electron chi connectivity index (χ3n) is 3.36. The number of hydrogen-bond acceptors (Lipinski definition) is 1. The first kappa shape index (κ1) is 12.8. The lowest BCUT2D eigenvalue weighted by Gasteiger charge is -2.16. The van der Waals surface area contributed by atoms with Gasteiger partial charge in [-0.3, -0.25) is 0 Å². The Kier molecular flexibility index (Phi) is 4.54. The summed E-state index contributed by atoms with van der Waals surface area (Å²) in [5.41, 5.74) is 4.14. The third kappa shape index (κ3) is 3.44. The van der Waals surface area contributed by atoms with Gasteiger partial charge in [-0.05, 0) is 43.5 Å². The van der Waals surface area contributed by atoms with Crippen LogP contribution in [0, 0.1) is 6.92 Å². The molecule has 1 heteroatoms. The fourth-order valence-corrected chi connectivity index (χ4v) is 2.26. The maximum Gasteiger partial charge on any atom is 0.0294 e. The lowest BCUT2D eigenvalue weighted by molar-refractivity contribution is 0.574. The Morgan fingerprint density at radius 2 is 1.61 bits per heavy atom. The lowest BCUT2D eigenvalue weighted by atomic mass is 10.0. The lowest BCUT2D eigenvalue weighted by Crippen LogP contribution is -2.21. The summed E-state index contributed by atoms with van der Waals surface area (Å²) < 4.78 is 0. The zero-order valence-electron chi connectivity index (χ0n) is 11.2. The van der Waals surface area contributed by atoms with Gasteiger partial charge >= 0.3 is 0 Å². The van der Waals surface area contributed by atoms with Crippen LogP contribution in [0.5, 0.6) is 0 Å². The van der Waals surface area contributed by atoms with Gasteiger partial charge in [0.2, 0.25) is 0 Å². The first-order chi connectivity index (χ1) is 8.77. The van der Waals surface area contributed by atoms with E-state index in [-0.39, 0.29) is 0 Å². The maximum atomic E-state index is 3.59. The van der Waals surface area contributed by atoms with Crippen molar-refractivity contribution in [3.63, 3.8) is 0 Å². The van der Waals surface area contributed by atoms with Gasteiger partial charge in [0, 0.05) is 6.04 Å². The number of hydrogen-bond donors (Lipinski definition) is 1. The highest BCUT2D eigenvalue weighted by Gasteiger charge is 2.06. The zero-order chi connectivity index (χ0) is 12.8. The Balaban J connectivity index is 1.86. The molecule has 2 aromatic carbocycles. The Bertz CT molecular complexity index is 476. The minimum absolute atomic E-state index is 0.412. The van der Waals surface area contributed by atoms with Gasteiger partial charge in [0.05, 0.1) is 0 Å². The molecular formula is C17H21N. The molecule has 0 aromatic heterocycles. The maximum absolute atomic E-state index is 3.59. The van der Waals surface area contributed by atoms with Gasteiger partial charge in [0.25, 0.3) is 0 Å². The molecule has 0 spiro atoms. The molecule has 0 saturated heterocycles. The molecular weight excluding hydrogens is 218 g/mol. The summed E-state index contributed by atoms with van der Waals surface area (Å²) in [6, 6.07) is 19.6. The Morgan fingerprint density at radius 3 is 2.33 bits per heavy atom. The summed E-state index contributed by atoms with van der Waals surface area (Å²) in [6.45, 7) is 5.41. The SMILES string of the molecule is Cc1ccccc1[C@H](C)NCCc1ccccc1. The summed E-state index contributed by atoms with van der Waals surface area (Å²) in [5.74, 6) is 0. The Morgan fingerprint density at radius 1 is 0.944 bits per heavy atom. The van der Waals surface area contributed by atoms with Crippen molar-refractivity contribution >= 4 is 0 Å². The zero-order valence-corrected chi connectivity index (χ0v) is 11.2. The predicted octanol–water partition coefficient (Wildman–Crippen LogP) is 3.89. The number of rotatable bonds is 5. The van der Waals surface area contributed by atoms with E-state index in [0.717, 1.165) is 13.0 Å². The van der Waals surface area contributed by atoms with Gasteiger partial charge in [-0.25, -0.2) is 0 Å². The molecule has 0 radical (unpaired) electrons. The second-order valence-corrected chi connectivity index (χ2v) is 4.77. The van der Waals surface area contributed by atoms with Crippen molar-refractivity contribution in [2.75, 3.05) is 6.54 Å². The summed E-state index contributed by atoms with van der Waals surface area (Å²) in [5, 5.41) is 3.59. The second-order valence-electron chi connectivity index (χ2n) is 4.77. The fourth-order valence-electron chi connectivity index (χ4n) is 2.26. The Hall–Kier alpha value is -1.60. The molecule has 0 heterocycles. The van der Waals surface area contributed by atoms with E-state index in [2.05, 4.69) is 73.8 Å². The van der Waals surface area contributed by atoms with Crippen molar-refractivity contribution in [2.24, 2.45) is 0 Å². The molecule has 1 nitrogen and oxygen atoms in total. The minimum atomic E-state index is 0.412. The van der Waals surface area contributed by atoms with E-state index in [1.807, 2.05) is 0 Å². The topological polar surface area (TPSA) is 12.0 Å². The molecule has 2 rings (SSSR count). The van der Waals surface area contributed by atoms with Gasteiger partial charge in [-0.1, -0.05) is 54.6 Å². The summed E-state index contributed by atoms with van der Waals surface area (Å²) >= 11 is 0. The van der Waals surface area contributed by atoms with Crippen LogP contribution in [0.15, 0.2) is 54.6 Å². The molecule has 2 aromatic rings. The molecule has 1 atom stereocenters. The molecule has 0 aliphatic rings. The number of nitrogens with one attached hydrogen (secondary N) is 1. The molecule has 0 fully saturated rings. The highest BCUT2D eigenvalue weighted by molar-refractivity contribution is 5.28. The molecule has 1 N–H and O–H groups in total. The number of aryl methyl sites for hydroxylation is 1. The molecule has 0 bridgehead atoms. The minimum Gasteiger partial charge on any atom is -0.310 e. The van der Waals surface area contributed by atoms with E-state index in [1.54, 1.807) is 0 Å². The van der Waals surface area contributed by atoms with Crippen LogP contribution in [0.3, 0.4) is 0 Å². The molecule has 94 valence electrons. The number of benzene rings is 2. The molecule has 0 saturated carbocycles. The first-order valence-corrected chi connectivity index (χ1v) is 6.60. The summed E-state index contributed by atoms with van der Waals surface area (Å²) in [7, 11) is 0. The van der Waals surface area contributed by atoms with E-state index in [0.29, 0.717) is 6.04 Å². The van der Waals surface area contributed by atoms with Crippen molar-refractivity contribution in [1.82, 2.24) is 5.32 Å². The fraction of sp³-hybridized carbons (Fsp3) is 0.294. The summed E-state index contributed by atoms with van der Waals surface area (Å²) in [4.78, 5) is 0. The molecule has 18 heavy (non-hydrogen) atoms. The summed E-state index contributed by atoms with van der Waals surface area (Å²) in [6.07, 6.45) is 1.08. The average Bonchev–Trinajstić information content (AvgIpc) is 2.40. The van der Waals surface area contributed by atoms with Crippen molar-refractivity contribution in [2.45, 2.75) is 26.3 Å². The van der Waals surface area contributed by atoms with Crippen LogP contribution in [0.2, 0.25) is 0 Å². The van der Waals surface area contributed by atoms with Crippen LogP contribution in [0.25, 0.3) is 0 Å². The van der Waals surface area contributed by atoms with Crippen LogP contribution in [-0.4, -0.2) is 6.54 Å². The molecule has 0 aliphatic carbocycles. The van der Waals surface area contributed by atoms with E-state index in [9.17, 15) is 0 Å². The van der Waals surface area contributed by atoms with E-state index >= 15 is 0 Å². The standard InChI is InChI=1S/C17H21N/c1-14-8-6-7-11-17(14)15(2)18-13-12-16-9-4-3-5-10-16/h3-11,15,18H,12-13H2,1-2H3/t15-/m0/s1. The van der Waals surface area contributed by atoms with Crippen LogP contribution in [-0.2, 0) is 6.42 Å². The Labute approximate surface area is 110 Å². The predicted molar refractivity (Wildman–Crippen MR) is 77.7 cm³/mol. The quantitative estimate of drug-likeness (QED) is 0.834. The third-order valence-corrected chi connectivity index (χ3v) is 3.36.